The summed E-state index contributed by atoms with van der Waals surface area (Å²) in [4.78, 5) is 16.9. The zero-order chi connectivity index (χ0) is 18.7. The van der Waals surface area contributed by atoms with Gasteiger partial charge in [0.25, 0.3) is 5.91 Å². The third-order valence-electron chi connectivity index (χ3n) is 3.68. The molecule has 0 unspecified atom stereocenters. The molecule has 9 heteroatoms. The fraction of sp³-hybridized carbons (Fsp3) is 0.176. The van der Waals surface area contributed by atoms with Crippen LogP contribution in [-0.2, 0) is 16.6 Å². The average molecular weight is 408 g/mol. The highest BCUT2D eigenvalue weighted by molar-refractivity contribution is 7.89. The van der Waals surface area contributed by atoms with Crippen LogP contribution in [0.15, 0.2) is 51.4 Å². The van der Waals surface area contributed by atoms with Crippen molar-refractivity contribution in [2.45, 2.75) is 11.4 Å². The van der Waals surface area contributed by atoms with Crippen molar-refractivity contribution >= 4 is 38.6 Å². The molecule has 0 fully saturated rings. The molecule has 26 heavy (non-hydrogen) atoms. The molecule has 3 rings (SSSR count). The van der Waals surface area contributed by atoms with Crippen LogP contribution in [0.3, 0.4) is 0 Å². The Balaban J connectivity index is 1.75. The molecule has 0 bridgehead atoms. The number of benzene rings is 1. The van der Waals surface area contributed by atoms with Gasteiger partial charge in [0.1, 0.15) is 10.7 Å². The van der Waals surface area contributed by atoms with Crippen LogP contribution in [0.25, 0.3) is 10.6 Å². The molecule has 0 spiro atoms. The monoisotopic (exact) mass is 407 g/mol. The zero-order valence-corrected chi connectivity index (χ0v) is 16.6. The van der Waals surface area contributed by atoms with Crippen molar-refractivity contribution in [2.75, 3.05) is 14.1 Å². The summed E-state index contributed by atoms with van der Waals surface area (Å²) in [5, 5.41) is 9.17. The molecule has 2 heterocycles. The van der Waals surface area contributed by atoms with Gasteiger partial charge < -0.3 is 5.32 Å². The van der Waals surface area contributed by atoms with Crippen molar-refractivity contribution in [1.82, 2.24) is 14.6 Å². The van der Waals surface area contributed by atoms with Crippen molar-refractivity contribution in [2.24, 2.45) is 0 Å². The predicted molar refractivity (Wildman–Crippen MR) is 104 cm³/mol. The summed E-state index contributed by atoms with van der Waals surface area (Å²) in [6.45, 7) is 0.105. The van der Waals surface area contributed by atoms with E-state index in [2.05, 4.69) is 10.3 Å². The molecule has 0 aliphatic heterocycles. The van der Waals surface area contributed by atoms with E-state index >= 15 is 0 Å². The molecule has 0 radical (unpaired) electrons. The second-order valence-electron chi connectivity index (χ2n) is 5.63. The molecule has 0 saturated carbocycles. The summed E-state index contributed by atoms with van der Waals surface area (Å²) in [7, 11) is -0.620. The summed E-state index contributed by atoms with van der Waals surface area (Å²) in [6.07, 6.45) is 0. The van der Waals surface area contributed by atoms with E-state index in [1.165, 1.54) is 31.5 Å². The Morgan fingerprint density at radius 1 is 1.19 bits per heavy atom. The standard InChI is InChI=1S/C17H17N3O3S3/c1-20(2)26(22,23)15-6-4-3-5-12(15)9-18-16(21)14-11-25-17(19-14)13-7-8-24-10-13/h3-8,10-11H,9H2,1-2H3,(H,18,21). The van der Waals surface area contributed by atoms with Crippen molar-refractivity contribution in [1.29, 1.82) is 0 Å². The first-order valence-electron chi connectivity index (χ1n) is 7.66. The molecule has 0 aliphatic rings. The first kappa shape index (κ1) is 18.7. The van der Waals surface area contributed by atoms with E-state index in [0.717, 1.165) is 14.9 Å². The number of thiazole rings is 1. The number of nitrogens with one attached hydrogen (secondary N) is 1. The van der Waals surface area contributed by atoms with Crippen LogP contribution < -0.4 is 5.32 Å². The molecule has 1 N–H and O–H groups in total. The molecule has 0 atom stereocenters. The van der Waals surface area contributed by atoms with E-state index in [0.29, 0.717) is 11.3 Å². The van der Waals surface area contributed by atoms with Crippen LogP contribution in [0.1, 0.15) is 16.1 Å². The SMILES string of the molecule is CN(C)S(=O)(=O)c1ccccc1CNC(=O)c1csc(-c2ccsc2)n1. The number of aromatic nitrogens is 1. The van der Waals surface area contributed by atoms with E-state index in [1.54, 1.807) is 34.9 Å². The molecule has 6 nitrogen and oxygen atoms in total. The first-order chi connectivity index (χ1) is 12.4. The van der Waals surface area contributed by atoms with Gasteiger partial charge in [-0.15, -0.1) is 11.3 Å². The normalized spacial score (nSPS) is 11.7. The number of carbonyl (C=O) groups is 1. The van der Waals surface area contributed by atoms with Gasteiger partial charge in [-0.1, -0.05) is 18.2 Å². The lowest BCUT2D eigenvalue weighted by atomic mass is 10.2. The van der Waals surface area contributed by atoms with Crippen molar-refractivity contribution in [3.63, 3.8) is 0 Å². The summed E-state index contributed by atoms with van der Waals surface area (Å²) in [6, 6.07) is 8.58. The number of thiophene rings is 1. The maximum atomic E-state index is 12.4. The Labute approximate surface area is 160 Å². The van der Waals surface area contributed by atoms with E-state index in [4.69, 9.17) is 0 Å². The number of hydrogen-bond donors (Lipinski definition) is 1. The van der Waals surface area contributed by atoms with E-state index in [1.807, 2.05) is 16.8 Å². The van der Waals surface area contributed by atoms with Gasteiger partial charge in [-0.2, -0.15) is 11.3 Å². The molecule has 2 aromatic heterocycles. The van der Waals surface area contributed by atoms with Crippen molar-refractivity contribution in [3.05, 3.63) is 57.7 Å². The minimum absolute atomic E-state index is 0.105. The van der Waals surface area contributed by atoms with E-state index in [9.17, 15) is 13.2 Å². The Hall–Kier alpha value is -2.07. The van der Waals surface area contributed by atoms with Gasteiger partial charge in [0.05, 0.1) is 4.90 Å². The molecule has 0 aliphatic carbocycles. The fourth-order valence-electron chi connectivity index (χ4n) is 2.26. The maximum Gasteiger partial charge on any atom is 0.271 e. The quantitative estimate of drug-likeness (QED) is 0.681. The number of carbonyl (C=O) groups excluding carboxylic acids is 1. The molecular formula is C17H17N3O3S3. The van der Waals surface area contributed by atoms with Crippen LogP contribution in [0.4, 0.5) is 0 Å². The lowest BCUT2D eigenvalue weighted by molar-refractivity contribution is 0.0946. The molecular weight excluding hydrogens is 390 g/mol. The van der Waals surface area contributed by atoms with Gasteiger partial charge in [0.15, 0.2) is 0 Å². The lowest BCUT2D eigenvalue weighted by Crippen LogP contribution is -2.27. The molecule has 1 amide bonds. The molecule has 136 valence electrons. The Bertz CT molecular complexity index is 1010. The highest BCUT2D eigenvalue weighted by atomic mass is 32.2. The van der Waals surface area contributed by atoms with E-state index in [-0.39, 0.29) is 17.3 Å². The smallest absolute Gasteiger partial charge is 0.271 e. The van der Waals surface area contributed by atoms with Crippen LogP contribution in [0, 0.1) is 0 Å². The van der Waals surface area contributed by atoms with Gasteiger partial charge >= 0.3 is 0 Å². The summed E-state index contributed by atoms with van der Waals surface area (Å²) in [5.41, 5.74) is 1.84. The molecule has 1 aromatic carbocycles. The Kier molecular flexibility index (Phi) is 5.52. The highest BCUT2D eigenvalue weighted by Gasteiger charge is 2.21. The van der Waals surface area contributed by atoms with Crippen LogP contribution in [0.5, 0.6) is 0 Å². The maximum absolute atomic E-state index is 12.4. The summed E-state index contributed by atoms with van der Waals surface area (Å²) in [5.74, 6) is -0.334. The Morgan fingerprint density at radius 2 is 1.96 bits per heavy atom. The van der Waals surface area contributed by atoms with Crippen LogP contribution in [0.2, 0.25) is 0 Å². The number of sulfonamides is 1. The zero-order valence-electron chi connectivity index (χ0n) is 14.2. The molecule has 0 saturated heterocycles. The average Bonchev–Trinajstić information content (AvgIpc) is 3.30. The third kappa shape index (κ3) is 3.85. The summed E-state index contributed by atoms with van der Waals surface area (Å²) >= 11 is 2.97. The minimum atomic E-state index is -3.58. The molecule has 3 aromatic rings. The second-order valence-corrected chi connectivity index (χ2v) is 9.39. The second kappa shape index (κ2) is 7.67. The number of rotatable bonds is 6. The number of amides is 1. The van der Waals surface area contributed by atoms with Crippen molar-refractivity contribution < 1.29 is 13.2 Å². The topological polar surface area (TPSA) is 79.4 Å². The van der Waals surface area contributed by atoms with Crippen LogP contribution >= 0.6 is 22.7 Å². The number of nitrogens with zero attached hydrogens (tertiary/aromatic N) is 2. The van der Waals surface area contributed by atoms with E-state index < -0.39 is 10.0 Å². The van der Waals surface area contributed by atoms with Gasteiger partial charge in [0, 0.05) is 37.0 Å². The summed E-state index contributed by atoms with van der Waals surface area (Å²) < 4.78 is 26.0. The Morgan fingerprint density at radius 3 is 2.65 bits per heavy atom. The van der Waals surface area contributed by atoms with Gasteiger partial charge in [0.2, 0.25) is 10.0 Å². The first-order valence-corrected chi connectivity index (χ1v) is 10.9. The number of hydrogen-bond acceptors (Lipinski definition) is 6. The van der Waals surface area contributed by atoms with Gasteiger partial charge in [-0.25, -0.2) is 17.7 Å². The largest absolute Gasteiger partial charge is 0.347 e. The lowest BCUT2D eigenvalue weighted by Gasteiger charge is -2.15. The van der Waals surface area contributed by atoms with Gasteiger partial charge in [-0.05, 0) is 23.1 Å². The fourth-order valence-corrected chi connectivity index (χ4v) is 4.89. The third-order valence-corrected chi connectivity index (χ3v) is 7.17. The van der Waals surface area contributed by atoms with Crippen LogP contribution in [-0.4, -0.2) is 37.7 Å². The predicted octanol–water partition coefficient (Wildman–Crippen LogP) is 3.05. The minimum Gasteiger partial charge on any atom is -0.347 e. The van der Waals surface area contributed by atoms with Crippen molar-refractivity contribution in [3.8, 4) is 10.6 Å². The van der Waals surface area contributed by atoms with Gasteiger partial charge in [-0.3, -0.25) is 4.79 Å². The highest BCUT2D eigenvalue weighted by Crippen LogP contribution is 2.25.